The molecular weight excluding hydrogens is 511 g/mol. The second-order valence-electron chi connectivity index (χ2n) is 8.09. The number of piperidine rings is 1. The lowest BCUT2D eigenvalue weighted by Gasteiger charge is -2.31. The summed E-state index contributed by atoms with van der Waals surface area (Å²) in [5.41, 5.74) is 1.21. The third-order valence-electron chi connectivity index (χ3n) is 5.62. The van der Waals surface area contributed by atoms with Crippen LogP contribution in [-0.2, 0) is 20.6 Å². The SMILES string of the molecule is O=C(Nc1ccccc1Sc1ccccc1)[C@H]1CCCN(S(=O)(=O)Cc2ccc(Cl)cc2Cl)C1. The van der Waals surface area contributed by atoms with Crippen molar-refractivity contribution in [3.8, 4) is 0 Å². The van der Waals surface area contributed by atoms with Gasteiger partial charge in [0.25, 0.3) is 0 Å². The van der Waals surface area contributed by atoms with Crippen LogP contribution in [0.4, 0.5) is 5.69 Å². The fourth-order valence-corrected chi connectivity index (χ4v) is 6.96. The molecule has 0 bridgehead atoms. The standard InChI is InChI=1S/C25H24Cl2N2O3S2/c26-20-13-12-19(22(27)15-20)17-34(31,32)29-14-6-7-18(16-29)25(30)28-23-10-4-5-11-24(23)33-21-8-2-1-3-9-21/h1-5,8-13,15,18H,6-7,14,16-17H2,(H,28,30)/t18-/m0/s1. The van der Waals surface area contributed by atoms with Crippen molar-refractivity contribution in [3.05, 3.63) is 88.4 Å². The summed E-state index contributed by atoms with van der Waals surface area (Å²) in [6.45, 7) is 0.533. The number of carbonyl (C=O) groups excluding carboxylic acids is 1. The summed E-state index contributed by atoms with van der Waals surface area (Å²) in [5.74, 6) is -0.835. The van der Waals surface area contributed by atoms with Crippen molar-refractivity contribution in [1.82, 2.24) is 4.31 Å². The van der Waals surface area contributed by atoms with E-state index in [9.17, 15) is 13.2 Å². The molecule has 0 radical (unpaired) electrons. The van der Waals surface area contributed by atoms with Crippen molar-refractivity contribution in [2.45, 2.75) is 28.4 Å². The van der Waals surface area contributed by atoms with Crippen LogP contribution >= 0.6 is 35.0 Å². The lowest BCUT2D eigenvalue weighted by atomic mass is 9.99. The Bertz CT molecular complexity index is 1270. The molecule has 1 atom stereocenters. The van der Waals surface area contributed by atoms with Crippen molar-refractivity contribution in [3.63, 3.8) is 0 Å². The van der Waals surface area contributed by atoms with Crippen LogP contribution in [0.25, 0.3) is 0 Å². The molecule has 34 heavy (non-hydrogen) atoms. The Morgan fingerprint density at radius 3 is 2.53 bits per heavy atom. The molecule has 1 N–H and O–H groups in total. The van der Waals surface area contributed by atoms with E-state index in [2.05, 4.69) is 5.32 Å². The maximum atomic E-state index is 13.1. The highest BCUT2D eigenvalue weighted by Gasteiger charge is 2.33. The predicted molar refractivity (Wildman–Crippen MR) is 139 cm³/mol. The minimum absolute atomic E-state index is 0.146. The lowest BCUT2D eigenvalue weighted by molar-refractivity contribution is -0.120. The van der Waals surface area contributed by atoms with E-state index in [0.29, 0.717) is 40.7 Å². The van der Waals surface area contributed by atoms with Crippen LogP contribution in [0.1, 0.15) is 18.4 Å². The number of halogens is 2. The smallest absolute Gasteiger partial charge is 0.228 e. The molecule has 3 aromatic rings. The van der Waals surface area contributed by atoms with Crippen LogP contribution in [0.15, 0.2) is 82.6 Å². The summed E-state index contributed by atoms with van der Waals surface area (Å²) in [4.78, 5) is 15.1. The molecule has 0 unspecified atom stereocenters. The van der Waals surface area contributed by atoms with Crippen molar-refractivity contribution in [2.24, 2.45) is 5.92 Å². The highest BCUT2D eigenvalue weighted by Crippen LogP contribution is 2.34. The molecule has 1 fully saturated rings. The second-order valence-corrected chi connectivity index (χ2v) is 12.0. The van der Waals surface area contributed by atoms with Gasteiger partial charge in [0, 0.05) is 32.9 Å². The number of hydrogen-bond acceptors (Lipinski definition) is 4. The van der Waals surface area contributed by atoms with Crippen LogP contribution in [0.2, 0.25) is 10.0 Å². The Hall–Kier alpha value is -2.03. The molecule has 0 aliphatic carbocycles. The molecule has 1 amide bonds. The summed E-state index contributed by atoms with van der Waals surface area (Å²) < 4.78 is 27.5. The molecule has 1 aliphatic rings. The number of hydrogen-bond donors (Lipinski definition) is 1. The zero-order valence-corrected chi connectivity index (χ0v) is 21.4. The first-order valence-corrected chi connectivity index (χ1v) is 14.0. The van der Waals surface area contributed by atoms with Crippen molar-refractivity contribution in [2.75, 3.05) is 18.4 Å². The quantitative estimate of drug-likeness (QED) is 0.384. The molecule has 0 aromatic heterocycles. The number of rotatable bonds is 7. The van der Waals surface area contributed by atoms with Gasteiger partial charge in [-0.15, -0.1) is 0 Å². The van der Waals surface area contributed by atoms with E-state index in [1.165, 1.54) is 10.4 Å². The number of benzene rings is 3. The molecule has 1 saturated heterocycles. The van der Waals surface area contributed by atoms with E-state index >= 15 is 0 Å². The van der Waals surface area contributed by atoms with Gasteiger partial charge in [-0.25, -0.2) is 12.7 Å². The van der Waals surface area contributed by atoms with Crippen LogP contribution in [0, 0.1) is 5.92 Å². The Labute approximate surface area is 214 Å². The Morgan fingerprint density at radius 1 is 1.03 bits per heavy atom. The van der Waals surface area contributed by atoms with Crippen molar-refractivity contribution < 1.29 is 13.2 Å². The van der Waals surface area contributed by atoms with E-state index in [-0.39, 0.29) is 18.2 Å². The molecule has 0 spiro atoms. The van der Waals surface area contributed by atoms with Gasteiger partial charge in [0.05, 0.1) is 17.4 Å². The van der Waals surface area contributed by atoms with Crippen LogP contribution < -0.4 is 5.32 Å². The first-order chi connectivity index (χ1) is 16.3. The van der Waals surface area contributed by atoms with Gasteiger partial charge in [-0.3, -0.25) is 4.79 Å². The zero-order valence-electron chi connectivity index (χ0n) is 18.3. The molecule has 1 aliphatic heterocycles. The minimum Gasteiger partial charge on any atom is -0.325 e. The number of nitrogens with one attached hydrogen (secondary N) is 1. The molecular formula is C25H24Cl2N2O3S2. The lowest BCUT2D eigenvalue weighted by Crippen LogP contribution is -2.44. The average molecular weight is 536 g/mol. The topological polar surface area (TPSA) is 66.5 Å². The zero-order chi connectivity index (χ0) is 24.1. The highest BCUT2D eigenvalue weighted by atomic mass is 35.5. The highest BCUT2D eigenvalue weighted by molar-refractivity contribution is 7.99. The van der Waals surface area contributed by atoms with Gasteiger partial charge >= 0.3 is 0 Å². The van der Waals surface area contributed by atoms with Gasteiger partial charge in [-0.1, -0.05) is 71.4 Å². The monoisotopic (exact) mass is 534 g/mol. The number of para-hydroxylation sites is 1. The van der Waals surface area contributed by atoms with Crippen LogP contribution in [0.5, 0.6) is 0 Å². The Morgan fingerprint density at radius 2 is 1.76 bits per heavy atom. The molecule has 5 nitrogen and oxygen atoms in total. The summed E-state index contributed by atoms with van der Waals surface area (Å²) in [6, 6.07) is 22.3. The molecule has 0 saturated carbocycles. The summed E-state index contributed by atoms with van der Waals surface area (Å²) in [6.07, 6.45) is 1.25. The van der Waals surface area contributed by atoms with Gasteiger partial charge in [0.1, 0.15) is 0 Å². The van der Waals surface area contributed by atoms with E-state index in [4.69, 9.17) is 23.2 Å². The first-order valence-electron chi connectivity index (χ1n) is 10.9. The predicted octanol–water partition coefficient (Wildman–Crippen LogP) is 6.33. The maximum Gasteiger partial charge on any atom is 0.228 e. The number of sulfonamides is 1. The van der Waals surface area contributed by atoms with Gasteiger partial charge in [0.2, 0.25) is 15.9 Å². The van der Waals surface area contributed by atoms with Gasteiger partial charge in [-0.05, 0) is 54.8 Å². The largest absolute Gasteiger partial charge is 0.325 e. The fourth-order valence-electron chi connectivity index (χ4n) is 3.84. The Balaban J connectivity index is 1.44. The summed E-state index contributed by atoms with van der Waals surface area (Å²) >= 11 is 13.7. The maximum absolute atomic E-state index is 13.1. The number of anilines is 1. The normalized spacial score (nSPS) is 16.8. The first kappa shape index (κ1) is 25.1. The summed E-state index contributed by atoms with van der Waals surface area (Å²) in [5, 5.41) is 3.79. The van der Waals surface area contributed by atoms with E-state index < -0.39 is 15.9 Å². The molecule has 3 aromatic carbocycles. The van der Waals surface area contributed by atoms with Gasteiger partial charge < -0.3 is 5.32 Å². The second kappa shape index (κ2) is 11.1. The van der Waals surface area contributed by atoms with Gasteiger partial charge in [-0.2, -0.15) is 0 Å². The van der Waals surface area contributed by atoms with Crippen LogP contribution in [0.3, 0.4) is 0 Å². The molecule has 9 heteroatoms. The molecule has 4 rings (SSSR count). The number of nitrogens with zero attached hydrogens (tertiary/aromatic N) is 1. The third-order valence-corrected chi connectivity index (χ3v) is 9.08. The Kier molecular flexibility index (Phi) is 8.22. The fraction of sp³-hybridized carbons (Fsp3) is 0.240. The van der Waals surface area contributed by atoms with Gasteiger partial charge in [0.15, 0.2) is 0 Å². The van der Waals surface area contributed by atoms with E-state index in [1.807, 2.05) is 54.6 Å². The van der Waals surface area contributed by atoms with Crippen LogP contribution in [-0.4, -0.2) is 31.7 Å². The average Bonchev–Trinajstić information content (AvgIpc) is 2.83. The third kappa shape index (κ3) is 6.34. The van der Waals surface area contributed by atoms with Crippen molar-refractivity contribution in [1.29, 1.82) is 0 Å². The summed E-state index contributed by atoms with van der Waals surface area (Å²) in [7, 11) is -3.64. The number of carbonyl (C=O) groups is 1. The number of amides is 1. The molecule has 178 valence electrons. The minimum atomic E-state index is -3.64. The van der Waals surface area contributed by atoms with E-state index in [1.54, 1.807) is 23.9 Å². The van der Waals surface area contributed by atoms with Crippen molar-refractivity contribution >= 4 is 56.6 Å². The van der Waals surface area contributed by atoms with E-state index in [0.717, 1.165) is 9.79 Å². The molecule has 1 heterocycles.